The lowest BCUT2D eigenvalue weighted by Crippen LogP contribution is -2.38. The van der Waals surface area contributed by atoms with Crippen LogP contribution in [-0.2, 0) is 4.79 Å². The molecule has 2 aromatic rings. The third-order valence-corrected chi connectivity index (χ3v) is 5.35. The van der Waals surface area contributed by atoms with Gasteiger partial charge in [0.25, 0.3) is 0 Å². The normalized spacial score (nSPS) is 16.6. The predicted molar refractivity (Wildman–Crippen MR) is 108 cm³/mol. The third-order valence-electron chi connectivity index (χ3n) is 5.35. The number of amides is 1. The number of Topliss-reactive ketones (excluding diaryl/α,β-unsaturated/α-hetero) is 1. The van der Waals surface area contributed by atoms with E-state index in [9.17, 15) is 9.59 Å². The summed E-state index contributed by atoms with van der Waals surface area (Å²) in [6, 6.07) is 19.6. The molecule has 0 unspecified atom stereocenters. The fourth-order valence-corrected chi connectivity index (χ4v) is 3.66. The summed E-state index contributed by atoms with van der Waals surface area (Å²) in [6.07, 6.45) is 2.24. The maximum Gasteiger partial charge on any atom is 0.221 e. The van der Waals surface area contributed by atoms with Crippen LogP contribution in [0.4, 0.5) is 0 Å². The van der Waals surface area contributed by atoms with Crippen molar-refractivity contribution in [1.29, 1.82) is 0 Å². The Kier molecular flexibility index (Phi) is 6.77. The van der Waals surface area contributed by atoms with Gasteiger partial charge in [-0.05, 0) is 38.4 Å². The predicted octanol–water partition coefficient (Wildman–Crippen LogP) is 3.85. The van der Waals surface area contributed by atoms with E-state index in [1.54, 1.807) is 0 Å². The number of carbonyl (C=O) groups excluding carboxylic acids is 2. The lowest BCUT2D eigenvalue weighted by atomic mass is 9.89. The second-order valence-corrected chi connectivity index (χ2v) is 7.30. The van der Waals surface area contributed by atoms with Crippen molar-refractivity contribution in [2.24, 2.45) is 5.92 Å². The Morgan fingerprint density at radius 2 is 1.59 bits per heavy atom. The van der Waals surface area contributed by atoms with Gasteiger partial charge < -0.3 is 10.2 Å². The summed E-state index contributed by atoms with van der Waals surface area (Å²) < 4.78 is 0. The first-order chi connectivity index (χ1) is 13.1. The van der Waals surface area contributed by atoms with Crippen molar-refractivity contribution in [2.75, 3.05) is 19.6 Å². The molecule has 0 saturated carbocycles. The number of benzene rings is 2. The molecule has 0 aromatic heterocycles. The number of hydrogen-bond acceptors (Lipinski definition) is 3. The Bertz CT molecular complexity index is 737. The van der Waals surface area contributed by atoms with Crippen LogP contribution in [0.15, 0.2) is 60.7 Å². The number of piperidine rings is 1. The number of carbonyl (C=O) groups is 2. The highest BCUT2D eigenvalue weighted by molar-refractivity contribution is 5.97. The highest BCUT2D eigenvalue weighted by atomic mass is 16.1. The molecule has 1 atom stereocenters. The van der Waals surface area contributed by atoms with Crippen molar-refractivity contribution in [1.82, 2.24) is 10.2 Å². The molecule has 0 bridgehead atoms. The van der Waals surface area contributed by atoms with Crippen LogP contribution in [0.2, 0.25) is 0 Å². The summed E-state index contributed by atoms with van der Waals surface area (Å²) in [7, 11) is 0. The smallest absolute Gasteiger partial charge is 0.221 e. The highest BCUT2D eigenvalue weighted by Crippen LogP contribution is 2.22. The van der Waals surface area contributed by atoms with Crippen LogP contribution < -0.4 is 5.32 Å². The maximum absolute atomic E-state index is 12.5. The van der Waals surface area contributed by atoms with Gasteiger partial charge in [0.2, 0.25) is 5.91 Å². The van der Waals surface area contributed by atoms with E-state index < -0.39 is 0 Å². The molecule has 1 N–H and O–H groups in total. The summed E-state index contributed by atoms with van der Waals surface area (Å²) in [4.78, 5) is 27.1. The van der Waals surface area contributed by atoms with Crippen LogP contribution in [0.25, 0.3) is 0 Å². The molecule has 27 heavy (non-hydrogen) atoms. The van der Waals surface area contributed by atoms with Gasteiger partial charge in [-0.15, -0.1) is 0 Å². The van der Waals surface area contributed by atoms with Gasteiger partial charge in [0.1, 0.15) is 0 Å². The Morgan fingerprint density at radius 3 is 2.22 bits per heavy atom. The minimum absolute atomic E-state index is 0.0212. The molecular formula is C23H28N2O2. The van der Waals surface area contributed by atoms with Crippen LogP contribution in [0.3, 0.4) is 0 Å². The van der Waals surface area contributed by atoms with E-state index in [0.717, 1.165) is 43.6 Å². The van der Waals surface area contributed by atoms with Crippen molar-refractivity contribution in [3.63, 3.8) is 0 Å². The fraction of sp³-hybridized carbons (Fsp3) is 0.391. The van der Waals surface area contributed by atoms with E-state index in [-0.39, 0.29) is 23.7 Å². The first-order valence-electron chi connectivity index (χ1n) is 9.79. The summed E-state index contributed by atoms with van der Waals surface area (Å²) in [5, 5.41) is 3.06. The van der Waals surface area contributed by atoms with Crippen LogP contribution in [-0.4, -0.2) is 36.2 Å². The molecule has 142 valence electrons. The molecule has 1 aliphatic rings. The van der Waals surface area contributed by atoms with E-state index in [1.165, 1.54) is 0 Å². The van der Waals surface area contributed by atoms with Crippen LogP contribution >= 0.6 is 0 Å². The molecule has 0 aliphatic carbocycles. The molecular weight excluding hydrogens is 336 g/mol. The minimum atomic E-state index is 0.0212. The quantitative estimate of drug-likeness (QED) is 0.759. The van der Waals surface area contributed by atoms with Gasteiger partial charge in [-0.1, -0.05) is 60.7 Å². The first kappa shape index (κ1) is 19.3. The average molecular weight is 364 g/mol. The van der Waals surface area contributed by atoms with E-state index in [0.29, 0.717) is 6.42 Å². The Balaban J connectivity index is 1.39. The minimum Gasteiger partial charge on any atom is -0.350 e. The average Bonchev–Trinajstić information content (AvgIpc) is 2.73. The van der Waals surface area contributed by atoms with Gasteiger partial charge in [-0.25, -0.2) is 0 Å². The van der Waals surface area contributed by atoms with E-state index >= 15 is 0 Å². The van der Waals surface area contributed by atoms with Crippen LogP contribution in [0, 0.1) is 5.92 Å². The lowest BCUT2D eigenvalue weighted by molar-refractivity contribution is -0.122. The van der Waals surface area contributed by atoms with Gasteiger partial charge in [0.05, 0.1) is 6.04 Å². The zero-order chi connectivity index (χ0) is 19.1. The molecule has 4 nitrogen and oxygen atoms in total. The molecule has 4 heteroatoms. The maximum atomic E-state index is 12.5. The number of likely N-dealkylation sites (tertiary alicyclic amines) is 1. The zero-order valence-corrected chi connectivity index (χ0v) is 15.9. The molecule has 0 spiro atoms. The van der Waals surface area contributed by atoms with Gasteiger partial charge >= 0.3 is 0 Å². The summed E-state index contributed by atoms with van der Waals surface area (Å²) in [6.45, 7) is 4.52. The third kappa shape index (κ3) is 5.51. The molecule has 1 fully saturated rings. The summed E-state index contributed by atoms with van der Waals surface area (Å²) in [5.41, 5.74) is 1.93. The SMILES string of the molecule is C[C@@H](NC(=O)CCN1CCC(C(=O)c2ccccc2)CC1)c1ccccc1. The Hall–Kier alpha value is -2.46. The number of nitrogens with zero attached hydrogens (tertiary/aromatic N) is 1. The van der Waals surface area contributed by atoms with Crippen molar-refractivity contribution in [2.45, 2.75) is 32.2 Å². The van der Waals surface area contributed by atoms with Crippen molar-refractivity contribution >= 4 is 11.7 Å². The standard InChI is InChI=1S/C23H28N2O2/c1-18(19-8-4-2-5-9-19)24-22(26)14-17-25-15-12-21(13-16-25)23(27)20-10-6-3-7-11-20/h2-11,18,21H,12-17H2,1H3,(H,24,26)/t18-/m1/s1. The molecule has 1 heterocycles. The van der Waals surface area contributed by atoms with Crippen molar-refractivity contribution in [3.8, 4) is 0 Å². The first-order valence-corrected chi connectivity index (χ1v) is 9.79. The summed E-state index contributed by atoms with van der Waals surface area (Å²) >= 11 is 0. The largest absolute Gasteiger partial charge is 0.350 e. The van der Waals surface area contributed by atoms with Gasteiger partial charge in [0, 0.05) is 24.4 Å². The fourth-order valence-electron chi connectivity index (χ4n) is 3.66. The lowest BCUT2D eigenvalue weighted by Gasteiger charge is -2.31. The monoisotopic (exact) mass is 364 g/mol. The number of nitrogens with one attached hydrogen (secondary N) is 1. The number of ketones is 1. The topological polar surface area (TPSA) is 49.4 Å². The van der Waals surface area contributed by atoms with Gasteiger partial charge in [-0.3, -0.25) is 9.59 Å². The molecule has 1 aliphatic heterocycles. The van der Waals surface area contributed by atoms with Crippen molar-refractivity contribution < 1.29 is 9.59 Å². The van der Waals surface area contributed by atoms with Crippen molar-refractivity contribution in [3.05, 3.63) is 71.8 Å². The summed E-state index contributed by atoms with van der Waals surface area (Å²) in [5.74, 6) is 0.439. The van der Waals surface area contributed by atoms with Crippen LogP contribution in [0.5, 0.6) is 0 Å². The van der Waals surface area contributed by atoms with E-state index in [2.05, 4.69) is 10.2 Å². The molecule has 0 radical (unpaired) electrons. The molecule has 1 amide bonds. The van der Waals surface area contributed by atoms with Gasteiger partial charge in [0.15, 0.2) is 5.78 Å². The van der Waals surface area contributed by atoms with E-state index in [4.69, 9.17) is 0 Å². The Morgan fingerprint density at radius 1 is 1.00 bits per heavy atom. The number of hydrogen-bond donors (Lipinski definition) is 1. The second-order valence-electron chi connectivity index (χ2n) is 7.30. The zero-order valence-electron chi connectivity index (χ0n) is 15.9. The van der Waals surface area contributed by atoms with Gasteiger partial charge in [-0.2, -0.15) is 0 Å². The second kappa shape index (κ2) is 9.47. The highest BCUT2D eigenvalue weighted by Gasteiger charge is 2.25. The Labute approximate surface area is 161 Å². The molecule has 3 rings (SSSR count). The molecule has 1 saturated heterocycles. The van der Waals surface area contributed by atoms with Crippen LogP contribution in [0.1, 0.15) is 48.1 Å². The van der Waals surface area contributed by atoms with E-state index in [1.807, 2.05) is 67.6 Å². The molecule has 2 aromatic carbocycles. The number of rotatable bonds is 7.